The molecule has 0 fully saturated rings. The number of fused-ring (bicyclic) bond motifs is 2. The minimum atomic E-state index is -0.474. The second-order valence-corrected chi connectivity index (χ2v) is 6.77. The van der Waals surface area contributed by atoms with Crippen LogP contribution in [0.5, 0.6) is 5.75 Å². The summed E-state index contributed by atoms with van der Waals surface area (Å²) in [5.74, 6) is 0.849. The number of rotatable bonds is 3. The second kappa shape index (κ2) is 6.31. The third-order valence-electron chi connectivity index (χ3n) is 5.13. The van der Waals surface area contributed by atoms with E-state index < -0.39 is 6.10 Å². The van der Waals surface area contributed by atoms with Crippen LogP contribution in [0.15, 0.2) is 42.5 Å². The van der Waals surface area contributed by atoms with Crippen LogP contribution in [0.3, 0.4) is 0 Å². The van der Waals surface area contributed by atoms with E-state index >= 15 is 0 Å². The maximum atomic E-state index is 12.8. The van der Waals surface area contributed by atoms with Crippen molar-refractivity contribution in [2.45, 2.75) is 45.1 Å². The standard InChI is InChI=1S/C21H23NO2/c1-15(21(23)22-13-12-17-7-4-5-9-20(17)22)24-19-11-10-16-6-2-3-8-18(16)14-19/h4-5,7,9-11,14-15H,2-3,6,8,12-13H2,1H3. The molecule has 3 heteroatoms. The Kier molecular flexibility index (Phi) is 4.01. The van der Waals surface area contributed by atoms with E-state index in [1.807, 2.05) is 36.1 Å². The lowest BCUT2D eigenvalue weighted by Crippen LogP contribution is -2.39. The van der Waals surface area contributed by atoms with Gasteiger partial charge in [-0.25, -0.2) is 0 Å². The number of carbonyl (C=O) groups excluding carboxylic acids is 1. The molecule has 2 aromatic rings. The zero-order valence-corrected chi connectivity index (χ0v) is 14.1. The summed E-state index contributed by atoms with van der Waals surface area (Å²) in [5, 5.41) is 0. The summed E-state index contributed by atoms with van der Waals surface area (Å²) in [7, 11) is 0. The first-order valence-electron chi connectivity index (χ1n) is 8.90. The maximum absolute atomic E-state index is 12.8. The predicted molar refractivity (Wildman–Crippen MR) is 95.7 cm³/mol. The molecule has 0 aromatic heterocycles. The molecule has 1 aliphatic carbocycles. The lowest BCUT2D eigenvalue weighted by Gasteiger charge is -2.23. The monoisotopic (exact) mass is 321 g/mol. The summed E-state index contributed by atoms with van der Waals surface area (Å²) in [4.78, 5) is 14.7. The largest absolute Gasteiger partial charge is 0.481 e. The average Bonchev–Trinajstić information content (AvgIpc) is 3.05. The molecule has 2 aromatic carbocycles. The molecule has 2 aliphatic rings. The number of benzene rings is 2. The van der Waals surface area contributed by atoms with Crippen LogP contribution in [-0.2, 0) is 24.1 Å². The Balaban J connectivity index is 1.48. The summed E-state index contributed by atoms with van der Waals surface area (Å²) in [5.41, 5.74) is 5.08. The Bertz CT molecular complexity index is 768. The van der Waals surface area contributed by atoms with Crippen LogP contribution in [0.2, 0.25) is 0 Å². The van der Waals surface area contributed by atoms with Crippen molar-refractivity contribution in [3.05, 3.63) is 59.2 Å². The SMILES string of the molecule is CC(Oc1ccc2c(c1)CCCC2)C(=O)N1CCc2ccccc21. The van der Waals surface area contributed by atoms with Crippen molar-refractivity contribution in [2.24, 2.45) is 0 Å². The summed E-state index contributed by atoms with van der Waals surface area (Å²) >= 11 is 0. The van der Waals surface area contributed by atoms with Crippen LogP contribution in [0.4, 0.5) is 5.69 Å². The Morgan fingerprint density at radius 3 is 2.67 bits per heavy atom. The van der Waals surface area contributed by atoms with Gasteiger partial charge in [0.2, 0.25) is 0 Å². The highest BCUT2D eigenvalue weighted by Crippen LogP contribution is 2.29. The van der Waals surface area contributed by atoms with E-state index in [0.717, 1.165) is 37.2 Å². The topological polar surface area (TPSA) is 29.5 Å². The molecule has 0 spiro atoms. The van der Waals surface area contributed by atoms with Gasteiger partial charge < -0.3 is 9.64 Å². The fourth-order valence-electron chi connectivity index (χ4n) is 3.82. The van der Waals surface area contributed by atoms with Gasteiger partial charge in [-0.3, -0.25) is 4.79 Å². The number of aryl methyl sites for hydroxylation is 2. The highest BCUT2D eigenvalue weighted by atomic mass is 16.5. The lowest BCUT2D eigenvalue weighted by atomic mass is 9.92. The van der Waals surface area contributed by atoms with Gasteiger partial charge >= 0.3 is 0 Å². The maximum Gasteiger partial charge on any atom is 0.267 e. The zero-order chi connectivity index (χ0) is 16.5. The van der Waals surface area contributed by atoms with E-state index in [-0.39, 0.29) is 5.91 Å². The van der Waals surface area contributed by atoms with Gasteiger partial charge in [-0.1, -0.05) is 24.3 Å². The average molecular weight is 321 g/mol. The van der Waals surface area contributed by atoms with Gasteiger partial charge in [-0.05, 0) is 73.9 Å². The van der Waals surface area contributed by atoms with Crippen LogP contribution >= 0.6 is 0 Å². The fraction of sp³-hybridized carbons (Fsp3) is 0.381. The van der Waals surface area contributed by atoms with Gasteiger partial charge in [0, 0.05) is 12.2 Å². The van der Waals surface area contributed by atoms with Crippen molar-refractivity contribution < 1.29 is 9.53 Å². The minimum Gasteiger partial charge on any atom is -0.481 e. The van der Waals surface area contributed by atoms with Crippen molar-refractivity contribution in [3.63, 3.8) is 0 Å². The molecule has 1 heterocycles. The molecule has 124 valence electrons. The first-order chi connectivity index (χ1) is 11.7. The Hall–Kier alpha value is -2.29. The number of hydrogen-bond donors (Lipinski definition) is 0. The van der Waals surface area contributed by atoms with Crippen LogP contribution < -0.4 is 9.64 Å². The molecule has 24 heavy (non-hydrogen) atoms. The van der Waals surface area contributed by atoms with Crippen LogP contribution in [-0.4, -0.2) is 18.6 Å². The highest BCUT2D eigenvalue weighted by Gasteiger charge is 2.28. The van der Waals surface area contributed by atoms with Gasteiger partial charge in [-0.2, -0.15) is 0 Å². The molecule has 1 atom stereocenters. The Morgan fingerprint density at radius 2 is 1.79 bits per heavy atom. The Labute approximate surface area is 143 Å². The van der Waals surface area contributed by atoms with E-state index in [9.17, 15) is 4.79 Å². The molecule has 0 radical (unpaired) electrons. The van der Waals surface area contributed by atoms with Gasteiger partial charge in [0.05, 0.1) is 0 Å². The third kappa shape index (κ3) is 2.79. The van der Waals surface area contributed by atoms with Crippen molar-refractivity contribution in [3.8, 4) is 5.75 Å². The van der Waals surface area contributed by atoms with E-state index in [1.165, 1.54) is 29.5 Å². The van der Waals surface area contributed by atoms with Crippen molar-refractivity contribution in [2.75, 3.05) is 11.4 Å². The van der Waals surface area contributed by atoms with Gasteiger partial charge in [0.1, 0.15) is 5.75 Å². The number of carbonyl (C=O) groups is 1. The van der Waals surface area contributed by atoms with Crippen molar-refractivity contribution >= 4 is 11.6 Å². The molecule has 1 unspecified atom stereocenters. The number of para-hydroxylation sites is 1. The lowest BCUT2D eigenvalue weighted by molar-refractivity contribution is -0.124. The zero-order valence-electron chi connectivity index (χ0n) is 14.1. The van der Waals surface area contributed by atoms with Crippen LogP contribution in [0.25, 0.3) is 0 Å². The Morgan fingerprint density at radius 1 is 1.00 bits per heavy atom. The predicted octanol–water partition coefficient (Wildman–Crippen LogP) is 3.92. The van der Waals surface area contributed by atoms with E-state index in [4.69, 9.17) is 4.74 Å². The molecule has 0 N–H and O–H groups in total. The van der Waals surface area contributed by atoms with E-state index in [0.29, 0.717) is 0 Å². The quantitative estimate of drug-likeness (QED) is 0.857. The summed E-state index contributed by atoms with van der Waals surface area (Å²) < 4.78 is 5.98. The molecule has 0 saturated heterocycles. The third-order valence-corrected chi connectivity index (χ3v) is 5.13. The normalized spacial score (nSPS) is 17.1. The molecule has 1 amide bonds. The first-order valence-corrected chi connectivity index (χ1v) is 8.90. The number of nitrogens with zero attached hydrogens (tertiary/aromatic N) is 1. The molecule has 4 rings (SSSR count). The summed E-state index contributed by atoms with van der Waals surface area (Å²) in [6.07, 6.45) is 5.25. The van der Waals surface area contributed by atoms with Crippen molar-refractivity contribution in [1.82, 2.24) is 0 Å². The van der Waals surface area contributed by atoms with E-state index in [2.05, 4.69) is 18.2 Å². The molecule has 3 nitrogen and oxygen atoms in total. The molecular weight excluding hydrogens is 298 g/mol. The number of amides is 1. The van der Waals surface area contributed by atoms with Crippen LogP contribution in [0, 0.1) is 0 Å². The smallest absolute Gasteiger partial charge is 0.267 e. The number of ether oxygens (including phenoxy) is 1. The summed E-state index contributed by atoms with van der Waals surface area (Å²) in [6.45, 7) is 2.60. The van der Waals surface area contributed by atoms with Gasteiger partial charge in [0.15, 0.2) is 6.10 Å². The number of anilines is 1. The summed E-state index contributed by atoms with van der Waals surface area (Å²) in [6, 6.07) is 14.4. The molecule has 1 aliphatic heterocycles. The molecule has 0 saturated carbocycles. The fourth-order valence-corrected chi connectivity index (χ4v) is 3.82. The first kappa shape index (κ1) is 15.3. The van der Waals surface area contributed by atoms with E-state index in [1.54, 1.807) is 0 Å². The van der Waals surface area contributed by atoms with Gasteiger partial charge in [0.25, 0.3) is 5.91 Å². The minimum absolute atomic E-state index is 0.0395. The van der Waals surface area contributed by atoms with Gasteiger partial charge in [-0.15, -0.1) is 0 Å². The second-order valence-electron chi connectivity index (χ2n) is 6.77. The van der Waals surface area contributed by atoms with Crippen molar-refractivity contribution in [1.29, 1.82) is 0 Å². The molecular formula is C21H23NO2. The molecule has 0 bridgehead atoms. The number of hydrogen-bond acceptors (Lipinski definition) is 2. The van der Waals surface area contributed by atoms with Crippen LogP contribution in [0.1, 0.15) is 36.5 Å². The highest BCUT2D eigenvalue weighted by molar-refractivity contribution is 5.98.